The highest BCUT2D eigenvalue weighted by atomic mass is 16.5. The Morgan fingerprint density at radius 2 is 1.95 bits per heavy atom. The molecule has 114 valence electrons. The van der Waals surface area contributed by atoms with Crippen LogP contribution in [-0.4, -0.2) is 44.9 Å². The number of benzene rings is 1. The van der Waals surface area contributed by atoms with Gasteiger partial charge in [-0.3, -0.25) is 4.90 Å². The zero-order chi connectivity index (χ0) is 14.8. The first kappa shape index (κ1) is 17.0. The van der Waals surface area contributed by atoms with Crippen LogP contribution < -0.4 is 10.5 Å². The lowest BCUT2D eigenvalue weighted by Crippen LogP contribution is -2.34. The minimum absolute atomic E-state index is 0.546. The molecule has 2 N–H and O–H groups in total. The molecule has 1 aromatic carbocycles. The molecule has 1 rings (SSSR count). The number of nitrogens with zero attached hydrogens (tertiary/aromatic N) is 1. The number of hydrogen-bond acceptors (Lipinski definition) is 4. The SMILES string of the molecule is COCCN(CCOc1cccc(CN)c1)CC(C)C. The molecule has 0 atom stereocenters. The van der Waals surface area contributed by atoms with E-state index in [0.29, 0.717) is 19.1 Å². The predicted molar refractivity (Wildman–Crippen MR) is 83.0 cm³/mol. The molecule has 0 saturated heterocycles. The molecule has 0 saturated carbocycles. The van der Waals surface area contributed by atoms with Crippen LogP contribution >= 0.6 is 0 Å². The highest BCUT2D eigenvalue weighted by molar-refractivity contribution is 5.28. The third-order valence-corrected chi connectivity index (χ3v) is 3.05. The molecule has 0 heterocycles. The van der Waals surface area contributed by atoms with Gasteiger partial charge in [0, 0.05) is 33.3 Å². The zero-order valence-corrected chi connectivity index (χ0v) is 13.0. The van der Waals surface area contributed by atoms with Crippen molar-refractivity contribution in [2.24, 2.45) is 11.7 Å². The Morgan fingerprint density at radius 1 is 1.20 bits per heavy atom. The van der Waals surface area contributed by atoms with Gasteiger partial charge in [-0.2, -0.15) is 0 Å². The summed E-state index contributed by atoms with van der Waals surface area (Å²) in [4.78, 5) is 2.38. The molecule has 0 bridgehead atoms. The topological polar surface area (TPSA) is 47.7 Å². The second-order valence-electron chi connectivity index (χ2n) is 5.39. The van der Waals surface area contributed by atoms with Crippen molar-refractivity contribution in [3.63, 3.8) is 0 Å². The number of nitrogens with two attached hydrogens (primary N) is 1. The van der Waals surface area contributed by atoms with E-state index in [-0.39, 0.29) is 0 Å². The van der Waals surface area contributed by atoms with Gasteiger partial charge in [0.25, 0.3) is 0 Å². The van der Waals surface area contributed by atoms with Crippen LogP contribution in [-0.2, 0) is 11.3 Å². The van der Waals surface area contributed by atoms with Gasteiger partial charge >= 0.3 is 0 Å². The van der Waals surface area contributed by atoms with Crippen molar-refractivity contribution in [3.8, 4) is 5.75 Å². The molecule has 20 heavy (non-hydrogen) atoms. The molecule has 0 fully saturated rings. The van der Waals surface area contributed by atoms with E-state index in [9.17, 15) is 0 Å². The van der Waals surface area contributed by atoms with Crippen molar-refractivity contribution >= 4 is 0 Å². The Morgan fingerprint density at radius 3 is 2.60 bits per heavy atom. The first-order valence-electron chi connectivity index (χ1n) is 7.28. The van der Waals surface area contributed by atoms with E-state index >= 15 is 0 Å². The third-order valence-electron chi connectivity index (χ3n) is 3.05. The van der Waals surface area contributed by atoms with Gasteiger partial charge in [0.15, 0.2) is 0 Å². The van der Waals surface area contributed by atoms with Crippen LogP contribution in [0.2, 0.25) is 0 Å². The number of rotatable bonds is 10. The maximum absolute atomic E-state index is 5.80. The molecule has 0 amide bonds. The summed E-state index contributed by atoms with van der Waals surface area (Å²) >= 11 is 0. The fourth-order valence-corrected chi connectivity index (χ4v) is 2.09. The van der Waals surface area contributed by atoms with E-state index in [2.05, 4.69) is 18.7 Å². The second kappa shape index (κ2) is 9.75. The van der Waals surface area contributed by atoms with E-state index in [0.717, 1.165) is 37.6 Å². The number of hydrogen-bond donors (Lipinski definition) is 1. The van der Waals surface area contributed by atoms with Gasteiger partial charge in [-0.1, -0.05) is 26.0 Å². The Balaban J connectivity index is 2.38. The summed E-state index contributed by atoms with van der Waals surface area (Å²) in [5.74, 6) is 1.54. The van der Waals surface area contributed by atoms with Crippen molar-refractivity contribution < 1.29 is 9.47 Å². The van der Waals surface area contributed by atoms with Crippen LogP contribution in [0.1, 0.15) is 19.4 Å². The molecule has 0 spiro atoms. The number of ether oxygens (including phenoxy) is 2. The average Bonchev–Trinajstić information content (AvgIpc) is 2.44. The lowest BCUT2D eigenvalue weighted by atomic mass is 10.2. The van der Waals surface area contributed by atoms with Crippen molar-refractivity contribution in [2.45, 2.75) is 20.4 Å². The molecule has 1 aromatic rings. The van der Waals surface area contributed by atoms with E-state index in [1.54, 1.807) is 7.11 Å². The van der Waals surface area contributed by atoms with E-state index in [1.807, 2.05) is 24.3 Å². The maximum atomic E-state index is 5.80. The second-order valence-corrected chi connectivity index (χ2v) is 5.39. The van der Waals surface area contributed by atoms with E-state index in [4.69, 9.17) is 15.2 Å². The van der Waals surface area contributed by atoms with Gasteiger partial charge in [0.1, 0.15) is 12.4 Å². The monoisotopic (exact) mass is 280 g/mol. The molecular formula is C16H28N2O2. The van der Waals surface area contributed by atoms with E-state index < -0.39 is 0 Å². The highest BCUT2D eigenvalue weighted by Crippen LogP contribution is 2.12. The third kappa shape index (κ3) is 6.89. The van der Waals surface area contributed by atoms with Crippen LogP contribution in [0, 0.1) is 5.92 Å². The molecule has 0 aliphatic carbocycles. The van der Waals surface area contributed by atoms with Gasteiger partial charge in [0.2, 0.25) is 0 Å². The fourth-order valence-electron chi connectivity index (χ4n) is 2.09. The standard InChI is InChI=1S/C16H28N2O2/c1-14(2)13-18(7-9-19-3)8-10-20-16-6-4-5-15(11-16)12-17/h4-6,11,14H,7-10,12-13,17H2,1-3H3. The minimum Gasteiger partial charge on any atom is -0.492 e. The van der Waals surface area contributed by atoms with Crippen molar-refractivity contribution in [1.29, 1.82) is 0 Å². The minimum atomic E-state index is 0.546. The van der Waals surface area contributed by atoms with Crippen LogP contribution in [0.5, 0.6) is 5.75 Å². The van der Waals surface area contributed by atoms with Crippen molar-refractivity contribution in [2.75, 3.05) is 40.0 Å². The highest BCUT2D eigenvalue weighted by Gasteiger charge is 2.07. The summed E-state index contributed by atoms with van der Waals surface area (Å²) in [6.07, 6.45) is 0. The van der Waals surface area contributed by atoms with Gasteiger partial charge in [0.05, 0.1) is 6.61 Å². The summed E-state index contributed by atoms with van der Waals surface area (Å²) in [7, 11) is 1.74. The summed E-state index contributed by atoms with van der Waals surface area (Å²) in [5.41, 5.74) is 6.73. The molecule has 0 aliphatic rings. The summed E-state index contributed by atoms with van der Waals surface area (Å²) < 4.78 is 11.0. The smallest absolute Gasteiger partial charge is 0.119 e. The quantitative estimate of drug-likeness (QED) is 0.713. The summed E-state index contributed by atoms with van der Waals surface area (Å²) in [6.45, 7) is 9.37. The largest absolute Gasteiger partial charge is 0.492 e. The van der Waals surface area contributed by atoms with Crippen molar-refractivity contribution in [3.05, 3.63) is 29.8 Å². The van der Waals surface area contributed by atoms with Crippen LogP contribution in [0.4, 0.5) is 0 Å². The Kier molecular flexibility index (Phi) is 8.26. The average molecular weight is 280 g/mol. The van der Waals surface area contributed by atoms with Crippen LogP contribution in [0.15, 0.2) is 24.3 Å². The Hall–Kier alpha value is -1.10. The summed E-state index contributed by atoms with van der Waals surface area (Å²) in [5, 5.41) is 0. The molecule has 4 heteroatoms. The van der Waals surface area contributed by atoms with Gasteiger partial charge in [-0.15, -0.1) is 0 Å². The normalized spacial score (nSPS) is 11.3. The van der Waals surface area contributed by atoms with Crippen LogP contribution in [0.3, 0.4) is 0 Å². The Labute approximate surface area is 122 Å². The fraction of sp³-hybridized carbons (Fsp3) is 0.625. The zero-order valence-electron chi connectivity index (χ0n) is 13.0. The lowest BCUT2D eigenvalue weighted by molar-refractivity contribution is 0.127. The predicted octanol–water partition coefficient (Wildman–Crippen LogP) is 2.13. The molecular weight excluding hydrogens is 252 g/mol. The molecule has 0 aromatic heterocycles. The van der Waals surface area contributed by atoms with Crippen LogP contribution in [0.25, 0.3) is 0 Å². The van der Waals surface area contributed by atoms with Gasteiger partial charge in [-0.25, -0.2) is 0 Å². The van der Waals surface area contributed by atoms with E-state index in [1.165, 1.54) is 0 Å². The molecule has 4 nitrogen and oxygen atoms in total. The molecule has 0 aliphatic heterocycles. The molecule has 0 unspecified atom stereocenters. The maximum Gasteiger partial charge on any atom is 0.119 e. The first-order chi connectivity index (χ1) is 9.65. The summed E-state index contributed by atoms with van der Waals surface area (Å²) in [6, 6.07) is 7.97. The number of methoxy groups -OCH3 is 1. The first-order valence-corrected chi connectivity index (χ1v) is 7.28. The Bertz CT molecular complexity index is 369. The van der Waals surface area contributed by atoms with Gasteiger partial charge < -0.3 is 15.2 Å². The van der Waals surface area contributed by atoms with Crippen molar-refractivity contribution in [1.82, 2.24) is 4.90 Å². The van der Waals surface area contributed by atoms with Gasteiger partial charge in [-0.05, 0) is 23.6 Å². The molecule has 0 radical (unpaired) electrons. The lowest BCUT2D eigenvalue weighted by Gasteiger charge is -2.23.